The van der Waals surface area contributed by atoms with E-state index in [-0.39, 0.29) is 91.2 Å². The molecule has 0 aliphatic rings. The number of ether oxygens (including phenoxy) is 9. The molecule has 0 fully saturated rings. The SMILES string of the molecule is CCOC(=O)c1[nH]nnc1Oc1ccc(-c2ccc(S(C)(=O)=O)cc2)cc1.CCOC(=O)c1nnn(Cc2ccc(OC)cc2)c1Oc1ccc(-c2ccc(S(C)(=O)=O)cc2)cc1.CCOC(=O)c1nnn(Cc2ccc(OC)cc2)c1Oc1ccc(Br)cc1.CS(=O)(=O)c1ccc(-c2ccc(Oc3nn[nH]c3C(=O)O)cc2)cc1.CS(=O)(=O)c1ccc(B(O)O)cc1.O=C(O)C(F)(F)F. The van der Waals surface area contributed by atoms with E-state index in [1.54, 1.807) is 168 Å². The predicted molar refractivity (Wildman–Crippen MR) is 484 cm³/mol. The van der Waals surface area contributed by atoms with Gasteiger partial charge in [0.25, 0.3) is 23.5 Å². The molecule has 135 heavy (non-hydrogen) atoms. The number of rotatable bonds is 29. The Bertz CT molecular complexity index is 6860. The first-order chi connectivity index (χ1) is 64.0. The maximum absolute atomic E-state index is 12.5. The summed E-state index contributed by atoms with van der Waals surface area (Å²) in [6.07, 6.45) is -0.490. The molecule has 6 N–H and O–H groups in total. The number of H-pyrrole nitrogens is 2. The second-order valence-corrected chi connectivity index (χ2v) is 36.8. The molecule has 4 heterocycles. The summed E-state index contributed by atoms with van der Waals surface area (Å²) >= 11 is 3.38. The Labute approximate surface area is 778 Å². The fourth-order valence-electron chi connectivity index (χ4n) is 11.2. The lowest BCUT2D eigenvalue weighted by Crippen LogP contribution is -2.29. The molecule has 4 aromatic heterocycles. The van der Waals surface area contributed by atoms with Gasteiger partial charge in [-0.25, -0.2) is 77.2 Å². The molecule has 0 bridgehead atoms. The molecule has 47 heteroatoms. The minimum absolute atomic E-state index is 0.0224. The highest BCUT2D eigenvalue weighted by molar-refractivity contribution is 9.10. The summed E-state index contributed by atoms with van der Waals surface area (Å²) in [6.45, 7) is 6.49. The molecule has 0 aliphatic carbocycles. The van der Waals surface area contributed by atoms with Crippen molar-refractivity contribution in [3.8, 4) is 91.4 Å². The number of benzene rings is 10. The fourth-order valence-corrected chi connectivity index (χ4v) is 14.0. The molecule has 10 aromatic carbocycles. The summed E-state index contributed by atoms with van der Waals surface area (Å²) in [5.74, 6) is -2.12. The van der Waals surface area contributed by atoms with Crippen molar-refractivity contribution in [2.75, 3.05) is 59.1 Å². The molecule has 14 rings (SSSR count). The van der Waals surface area contributed by atoms with Crippen LogP contribution < -0.4 is 33.9 Å². The maximum Gasteiger partial charge on any atom is 0.490 e. The maximum atomic E-state index is 12.5. The molecule has 0 radical (unpaired) electrons. The number of carbonyl (C=O) groups is 5. The third kappa shape index (κ3) is 30.8. The molecule has 0 aliphatic heterocycles. The van der Waals surface area contributed by atoms with Gasteiger partial charge in [0.05, 0.1) is 66.7 Å². The third-order valence-corrected chi connectivity index (χ3v) is 23.0. The van der Waals surface area contributed by atoms with Crippen LogP contribution in [0.2, 0.25) is 0 Å². The Kier molecular flexibility index (Phi) is 36.4. The van der Waals surface area contributed by atoms with Crippen LogP contribution in [0.15, 0.2) is 267 Å². The van der Waals surface area contributed by atoms with Crippen LogP contribution in [0.3, 0.4) is 0 Å². The first-order valence-corrected chi connectivity index (χ1v) is 47.7. The lowest BCUT2D eigenvalue weighted by molar-refractivity contribution is -0.192. The lowest BCUT2D eigenvalue weighted by Gasteiger charge is -2.11. The van der Waals surface area contributed by atoms with Gasteiger partial charge in [-0.2, -0.15) is 13.2 Å². The second kappa shape index (κ2) is 47.4. The van der Waals surface area contributed by atoms with Gasteiger partial charge >= 0.3 is 43.1 Å². The van der Waals surface area contributed by atoms with Crippen LogP contribution in [0.25, 0.3) is 33.4 Å². The van der Waals surface area contributed by atoms with E-state index in [4.69, 9.17) is 67.7 Å². The van der Waals surface area contributed by atoms with Crippen molar-refractivity contribution >= 4 is 97.7 Å². The van der Waals surface area contributed by atoms with Gasteiger partial charge in [-0.3, -0.25) is 0 Å². The number of aromatic amines is 2. The van der Waals surface area contributed by atoms with E-state index in [0.29, 0.717) is 36.1 Å². The number of alkyl halides is 3. The van der Waals surface area contributed by atoms with Crippen molar-refractivity contribution in [3.63, 3.8) is 0 Å². The highest BCUT2D eigenvalue weighted by atomic mass is 79.9. The van der Waals surface area contributed by atoms with Gasteiger partial charge in [0, 0.05) is 29.5 Å². The van der Waals surface area contributed by atoms with Crippen LogP contribution in [-0.2, 0) is 71.4 Å². The van der Waals surface area contributed by atoms with Crippen molar-refractivity contribution in [3.05, 3.63) is 281 Å². The zero-order valence-electron chi connectivity index (χ0n) is 72.6. The Morgan fingerprint density at radius 1 is 0.385 bits per heavy atom. The summed E-state index contributed by atoms with van der Waals surface area (Å²) in [7, 11) is -11.3. The average Bonchev–Trinajstić information content (AvgIpc) is 1.70. The number of carboxylic acid groups (broad SMARTS) is 2. The Balaban J connectivity index is 0.000000190. The summed E-state index contributed by atoms with van der Waals surface area (Å²) in [5.41, 5.74) is 7.12. The smallest absolute Gasteiger partial charge is 0.490 e. The largest absolute Gasteiger partial charge is 0.497 e. The number of nitrogens with zero attached hydrogens (tertiary/aromatic N) is 10. The highest BCUT2D eigenvalue weighted by Gasteiger charge is 2.38. The summed E-state index contributed by atoms with van der Waals surface area (Å²) < 4.78 is 175. The van der Waals surface area contributed by atoms with E-state index in [2.05, 4.69) is 67.4 Å². The van der Waals surface area contributed by atoms with Gasteiger partial charge in [-0.15, -0.1) is 10.2 Å². The number of hydrogen-bond donors (Lipinski definition) is 6. The summed E-state index contributed by atoms with van der Waals surface area (Å²) in [5, 5.41) is 68.7. The summed E-state index contributed by atoms with van der Waals surface area (Å²) in [4.78, 5) is 57.3. The molecule has 0 amide bonds. The van der Waals surface area contributed by atoms with E-state index < -0.39 is 82.5 Å². The quantitative estimate of drug-likeness (QED) is 0.0144. The minimum Gasteiger partial charge on any atom is -0.497 e. The zero-order chi connectivity index (χ0) is 98.5. The predicted octanol–water partition coefficient (Wildman–Crippen LogP) is 13.1. The van der Waals surface area contributed by atoms with Gasteiger partial charge in [0.2, 0.25) is 22.8 Å². The van der Waals surface area contributed by atoms with E-state index >= 15 is 0 Å². The fraction of sp³-hybridized carbons (Fsp3) is 0.170. The molecule has 0 unspecified atom stereocenters. The van der Waals surface area contributed by atoms with Crippen LogP contribution in [-0.4, -0.2) is 217 Å². The van der Waals surface area contributed by atoms with Gasteiger partial charge in [0.1, 0.15) is 34.5 Å². The minimum atomic E-state index is -5.08. The number of aromatic carboxylic acids is 1. The van der Waals surface area contributed by atoms with Gasteiger partial charge in [-0.05, 0) is 204 Å². The van der Waals surface area contributed by atoms with Crippen LogP contribution >= 0.6 is 15.9 Å². The van der Waals surface area contributed by atoms with Gasteiger partial charge in [0.15, 0.2) is 39.3 Å². The van der Waals surface area contributed by atoms with Crippen molar-refractivity contribution in [2.24, 2.45) is 0 Å². The summed E-state index contributed by atoms with van der Waals surface area (Å²) in [6, 6.07) is 68.5. The molecule has 14 aromatic rings. The number of hydrogen-bond acceptors (Lipinski definition) is 32. The molecule has 0 spiro atoms. The molecule has 0 saturated carbocycles. The number of aliphatic carboxylic acids is 1. The van der Waals surface area contributed by atoms with Crippen LogP contribution in [0.5, 0.6) is 58.0 Å². The lowest BCUT2D eigenvalue weighted by atomic mass is 9.81. The number of methoxy groups -OCH3 is 2. The highest BCUT2D eigenvalue weighted by Crippen LogP contribution is 2.34. The zero-order valence-corrected chi connectivity index (χ0v) is 77.4. The Morgan fingerprint density at radius 2 is 0.652 bits per heavy atom. The molecule has 38 nitrogen and oxygen atoms in total. The molecule has 0 atom stereocenters. The standard InChI is InChI=1S/C26H25N3O6S.C19H18BrN3O4.C18H17N3O5S.C16H13N3O5S.C7H9BO4S.C2HF3O2/c1-4-34-26(30)24-25(29(28-27-24)17-18-5-11-21(33-2)12-6-18)35-22-13-7-19(8-14-22)20-9-15-23(16-10-20)36(3,31)32;1-3-26-19(24)17-18(27-16-10-6-14(20)7-11-16)23(22-21-17)12-13-4-8-15(25-2)9-5-13;1-3-25-18(22)16-17(20-21-19-16)26-14-8-4-12(5-9-14)13-6-10-15(11-7-13)27(2,23)24;1-25(22,23)13-8-4-11(5-9-13)10-2-6-12(7-3-10)24-15-14(16(20)21)17-19-18-15;1-13(11,12)7-4-2-6(3-5-7)8(9)10;3-2(4,5)1(6)7/h5-16H,4,17H2,1-3H3;4-11H,3,12H2,1-2H3;4-11H,3H2,1-2H3,(H,19,20,21);2-9H,1H3,(H,20,21)(H,17,18,19);2-5,9-10H,1H3;(H,6,7). The van der Waals surface area contributed by atoms with Gasteiger partial charge < -0.3 is 62.9 Å². The molecule has 706 valence electrons. The van der Waals surface area contributed by atoms with E-state index in [0.717, 1.165) is 73.0 Å². The van der Waals surface area contributed by atoms with Crippen LogP contribution in [0, 0.1) is 0 Å². The molecule has 0 saturated heterocycles. The number of halogens is 4. The number of nitrogens with one attached hydrogen (secondary N) is 2. The topological polar surface area (TPSA) is 530 Å². The molecular weight excluding hydrogens is 1920 g/mol. The van der Waals surface area contributed by atoms with Crippen molar-refractivity contribution < 1.29 is 134 Å². The number of esters is 3. The number of sulfone groups is 4. The van der Waals surface area contributed by atoms with Crippen LogP contribution in [0.4, 0.5) is 13.2 Å². The first-order valence-electron chi connectivity index (χ1n) is 39.3. The monoisotopic (exact) mass is 2000 g/mol. The van der Waals surface area contributed by atoms with Crippen molar-refractivity contribution in [2.45, 2.75) is 59.6 Å². The number of aromatic nitrogens is 12. The van der Waals surface area contributed by atoms with E-state index in [1.807, 2.05) is 84.9 Å². The van der Waals surface area contributed by atoms with E-state index in [9.17, 15) is 66.0 Å². The first kappa shape index (κ1) is 104. The van der Waals surface area contributed by atoms with Crippen molar-refractivity contribution in [1.29, 1.82) is 0 Å². The molecular formula is C88H83BBrF3N12O26S4. The third-order valence-electron chi connectivity index (χ3n) is 18.0. The Morgan fingerprint density at radius 3 is 0.933 bits per heavy atom. The normalized spacial score (nSPS) is 11.1. The Hall–Kier alpha value is -15.0. The number of carboxylic acids is 2. The average molecular weight is 2000 g/mol. The van der Waals surface area contributed by atoms with Gasteiger partial charge in [-0.1, -0.05) is 156 Å². The number of carbonyl (C=O) groups excluding carboxylic acids is 3. The van der Waals surface area contributed by atoms with Crippen LogP contribution in [0.1, 0.15) is 73.9 Å². The van der Waals surface area contributed by atoms with E-state index in [1.165, 1.54) is 46.1 Å². The van der Waals surface area contributed by atoms with Crippen molar-refractivity contribution in [1.82, 2.24) is 60.8 Å². The second-order valence-electron chi connectivity index (χ2n) is 27.8.